The van der Waals surface area contributed by atoms with Crippen molar-refractivity contribution in [3.8, 4) is 11.8 Å². The van der Waals surface area contributed by atoms with E-state index in [9.17, 15) is 5.26 Å². The molecule has 0 aliphatic heterocycles. The molecule has 164 valence electrons. The molecule has 0 spiro atoms. The number of rotatable bonds is 11. The Balaban J connectivity index is 3.03. The normalized spacial score (nSPS) is 14.4. The highest BCUT2D eigenvalue weighted by Gasteiger charge is 2.15. The number of methoxy groups -OCH3 is 1. The van der Waals surface area contributed by atoms with Crippen LogP contribution in [0, 0.1) is 11.3 Å². The Hall–Kier alpha value is -2.89. The van der Waals surface area contributed by atoms with Gasteiger partial charge in [-0.15, -0.1) is 0 Å². The van der Waals surface area contributed by atoms with Gasteiger partial charge in [0.1, 0.15) is 17.5 Å². The smallest absolute Gasteiger partial charge is 0.146 e. The second-order valence-electron chi connectivity index (χ2n) is 7.78. The average Bonchev–Trinajstić information content (AvgIpc) is 2.71. The van der Waals surface area contributed by atoms with E-state index in [0.717, 1.165) is 42.8 Å². The number of hydrogen-bond acceptors (Lipinski definition) is 8. The highest BCUT2D eigenvalue weighted by molar-refractivity contribution is 6.22. The number of pyridine rings is 1. The Morgan fingerprint density at radius 3 is 2.60 bits per heavy atom. The van der Waals surface area contributed by atoms with Crippen LogP contribution in [0.3, 0.4) is 0 Å². The zero-order valence-corrected chi connectivity index (χ0v) is 18.7. The van der Waals surface area contributed by atoms with Gasteiger partial charge >= 0.3 is 0 Å². The zero-order valence-electron chi connectivity index (χ0n) is 18.7. The molecule has 0 aromatic carbocycles. The lowest BCUT2D eigenvalue weighted by Crippen LogP contribution is -2.43. The minimum Gasteiger partial charge on any atom is -0.494 e. The van der Waals surface area contributed by atoms with E-state index in [0.29, 0.717) is 11.4 Å². The van der Waals surface area contributed by atoms with Crippen LogP contribution in [-0.4, -0.2) is 42.5 Å². The number of aromatic nitrogens is 1. The van der Waals surface area contributed by atoms with Crippen LogP contribution in [0.5, 0.6) is 5.75 Å². The minimum absolute atomic E-state index is 0.160. The SMILES string of the molecule is CCC(CCNCC(C)(C)N)N=C(C)/C(=C\N)c1cnc(/C(C#N)=C\N)c(OC)c1. The third kappa shape index (κ3) is 7.50. The number of hydrogen-bond donors (Lipinski definition) is 4. The van der Waals surface area contributed by atoms with E-state index in [4.69, 9.17) is 26.9 Å². The molecule has 0 saturated heterocycles. The van der Waals surface area contributed by atoms with Gasteiger partial charge in [-0.05, 0) is 46.2 Å². The van der Waals surface area contributed by atoms with Crippen LogP contribution >= 0.6 is 0 Å². The van der Waals surface area contributed by atoms with Crippen molar-refractivity contribution in [2.45, 2.75) is 52.1 Å². The summed E-state index contributed by atoms with van der Waals surface area (Å²) in [5, 5.41) is 12.6. The molecule has 0 radical (unpaired) electrons. The van der Waals surface area contributed by atoms with E-state index < -0.39 is 0 Å². The number of nitriles is 1. The first-order valence-electron chi connectivity index (χ1n) is 10.0. The lowest BCUT2D eigenvalue weighted by atomic mass is 10.0. The van der Waals surface area contributed by atoms with Gasteiger partial charge in [-0.2, -0.15) is 5.26 Å². The summed E-state index contributed by atoms with van der Waals surface area (Å²) >= 11 is 0. The first-order chi connectivity index (χ1) is 14.2. The number of aliphatic imine (C=N–C) groups is 1. The molecule has 1 heterocycles. The summed E-state index contributed by atoms with van der Waals surface area (Å²) in [5.74, 6) is 0.443. The molecule has 0 saturated carbocycles. The molecule has 1 unspecified atom stereocenters. The lowest BCUT2D eigenvalue weighted by Gasteiger charge is -2.20. The van der Waals surface area contributed by atoms with E-state index in [1.807, 2.05) is 26.8 Å². The summed E-state index contributed by atoms with van der Waals surface area (Å²) in [4.78, 5) is 9.22. The van der Waals surface area contributed by atoms with Crippen molar-refractivity contribution in [1.82, 2.24) is 10.3 Å². The molecule has 7 N–H and O–H groups in total. The molecule has 1 rings (SSSR count). The molecule has 1 atom stereocenters. The third-order valence-electron chi connectivity index (χ3n) is 4.56. The number of ether oxygens (including phenoxy) is 1. The molecular weight excluding hydrogens is 378 g/mol. The number of nitrogens with one attached hydrogen (secondary N) is 1. The van der Waals surface area contributed by atoms with E-state index in [1.165, 1.54) is 19.5 Å². The standard InChI is InChI=1S/C22H35N7O/c1-6-18(7-8-27-14-22(3,4)26)29-15(2)19(12-25)16-9-20(30-5)21(28-13-16)17(10-23)11-24/h9-10,12-13,18,27H,6-8,14,23,25-26H2,1-5H3/b17-10-,19-12+,29-15?. The van der Waals surface area contributed by atoms with E-state index >= 15 is 0 Å². The van der Waals surface area contributed by atoms with Crippen molar-refractivity contribution < 1.29 is 4.74 Å². The van der Waals surface area contributed by atoms with E-state index in [-0.39, 0.29) is 17.2 Å². The zero-order chi connectivity index (χ0) is 22.7. The largest absolute Gasteiger partial charge is 0.494 e. The molecule has 1 aromatic heterocycles. The molecule has 0 amide bonds. The van der Waals surface area contributed by atoms with E-state index in [2.05, 4.69) is 17.2 Å². The molecule has 0 fully saturated rings. The second-order valence-corrected chi connectivity index (χ2v) is 7.78. The van der Waals surface area contributed by atoms with Crippen molar-refractivity contribution >= 4 is 16.9 Å². The minimum atomic E-state index is -0.237. The van der Waals surface area contributed by atoms with Gasteiger partial charge in [0.05, 0.1) is 18.7 Å². The monoisotopic (exact) mass is 413 g/mol. The maximum atomic E-state index is 9.22. The van der Waals surface area contributed by atoms with Crippen molar-refractivity contribution in [1.29, 1.82) is 5.26 Å². The van der Waals surface area contributed by atoms with Gasteiger partial charge in [-0.25, -0.2) is 0 Å². The molecule has 0 bridgehead atoms. The van der Waals surface area contributed by atoms with Crippen LogP contribution in [0.4, 0.5) is 0 Å². The number of nitrogens with zero attached hydrogens (tertiary/aromatic N) is 3. The quantitative estimate of drug-likeness (QED) is 0.247. The molecule has 0 aliphatic carbocycles. The van der Waals surface area contributed by atoms with Crippen LogP contribution in [0.25, 0.3) is 11.1 Å². The first-order valence-corrected chi connectivity index (χ1v) is 10.0. The van der Waals surface area contributed by atoms with Crippen molar-refractivity contribution in [2.75, 3.05) is 20.2 Å². The van der Waals surface area contributed by atoms with Gasteiger partial charge in [0.25, 0.3) is 0 Å². The van der Waals surface area contributed by atoms with Gasteiger partial charge in [-0.1, -0.05) is 6.92 Å². The summed E-state index contributed by atoms with van der Waals surface area (Å²) in [6, 6.07) is 3.96. The van der Waals surface area contributed by atoms with Crippen LogP contribution in [0.15, 0.2) is 29.7 Å². The van der Waals surface area contributed by atoms with Gasteiger partial charge in [-0.3, -0.25) is 9.98 Å². The Labute approximate surface area is 179 Å². The van der Waals surface area contributed by atoms with Crippen LogP contribution in [0.2, 0.25) is 0 Å². The fourth-order valence-corrected chi connectivity index (χ4v) is 2.93. The maximum absolute atomic E-state index is 9.22. The summed E-state index contributed by atoms with van der Waals surface area (Å²) < 4.78 is 5.40. The molecule has 8 nitrogen and oxygen atoms in total. The Bertz CT molecular complexity index is 829. The molecular formula is C22H35N7O. The van der Waals surface area contributed by atoms with Crippen LogP contribution < -0.4 is 27.3 Å². The molecule has 8 heteroatoms. The average molecular weight is 414 g/mol. The van der Waals surface area contributed by atoms with Crippen LogP contribution in [0.1, 0.15) is 51.8 Å². The fraction of sp³-hybridized carbons (Fsp3) is 0.500. The molecule has 30 heavy (non-hydrogen) atoms. The van der Waals surface area contributed by atoms with Gasteiger partial charge in [0, 0.05) is 47.5 Å². The Morgan fingerprint density at radius 1 is 1.40 bits per heavy atom. The van der Waals surface area contributed by atoms with Gasteiger partial charge < -0.3 is 27.3 Å². The van der Waals surface area contributed by atoms with Crippen molar-refractivity contribution in [2.24, 2.45) is 22.2 Å². The van der Waals surface area contributed by atoms with E-state index in [1.54, 1.807) is 12.3 Å². The second kappa shape index (κ2) is 12.0. The van der Waals surface area contributed by atoms with Crippen molar-refractivity contribution in [3.05, 3.63) is 35.9 Å². The fourth-order valence-electron chi connectivity index (χ4n) is 2.93. The molecule has 1 aromatic rings. The highest BCUT2D eigenvalue weighted by atomic mass is 16.5. The van der Waals surface area contributed by atoms with Gasteiger partial charge in [0.2, 0.25) is 0 Å². The Morgan fingerprint density at radius 2 is 2.10 bits per heavy atom. The summed E-state index contributed by atoms with van der Waals surface area (Å²) in [7, 11) is 1.52. The highest BCUT2D eigenvalue weighted by Crippen LogP contribution is 2.27. The topological polar surface area (TPSA) is 148 Å². The molecule has 0 aliphatic rings. The lowest BCUT2D eigenvalue weighted by molar-refractivity contribution is 0.411. The van der Waals surface area contributed by atoms with Crippen LogP contribution in [-0.2, 0) is 0 Å². The Kier molecular flexibility index (Phi) is 10.0. The maximum Gasteiger partial charge on any atom is 0.146 e. The summed E-state index contributed by atoms with van der Waals surface area (Å²) in [6.45, 7) is 9.62. The summed E-state index contributed by atoms with van der Waals surface area (Å²) in [6.07, 6.45) is 6.18. The third-order valence-corrected chi connectivity index (χ3v) is 4.56. The number of nitrogens with two attached hydrogens (primary N) is 3. The first kappa shape index (κ1) is 25.1. The predicted octanol–water partition coefficient (Wildman–Crippen LogP) is 2.17. The van der Waals surface area contributed by atoms with Gasteiger partial charge in [0.15, 0.2) is 0 Å². The predicted molar refractivity (Wildman–Crippen MR) is 124 cm³/mol. The van der Waals surface area contributed by atoms with Crippen molar-refractivity contribution in [3.63, 3.8) is 0 Å². The summed E-state index contributed by atoms with van der Waals surface area (Å²) in [5.41, 5.74) is 20.1. The number of allylic oxidation sites excluding steroid dienone is 2.